The Morgan fingerprint density at radius 2 is 1.22 bits per heavy atom. The molecule has 0 spiro atoms. The maximum atomic E-state index is 15.1. The van der Waals surface area contributed by atoms with E-state index in [0.29, 0.717) is 40.6 Å². The minimum Gasteiger partial charge on any atom is -0.508 e. The Bertz CT molecular complexity index is 3520. The second-order valence-corrected chi connectivity index (χ2v) is 29.1. The highest BCUT2D eigenvalue weighted by molar-refractivity contribution is 8.77. The molecule has 3 aliphatic rings. The topological polar surface area (TPSA) is 489 Å². The number of hydrogen-bond acceptors (Lipinski definition) is 21. The molecule has 2 aromatic heterocycles. The van der Waals surface area contributed by atoms with Gasteiger partial charge in [0.05, 0.1) is 19.5 Å². The minimum absolute atomic E-state index is 0.00974. The molecule has 18 N–H and O–H groups in total. The van der Waals surface area contributed by atoms with E-state index in [1.54, 1.807) is 52.1 Å². The quantitative estimate of drug-likeness (QED) is 0.0574. The molecule has 13 atom stereocenters. The number of carbonyl (C=O) groups excluding carboxylic acids is 12. The maximum Gasteiger partial charge on any atom is 0.327 e. The molecule has 32 nitrogen and oxygen atoms in total. The van der Waals surface area contributed by atoms with E-state index in [-0.39, 0.29) is 68.7 Å². The number of fused-ring (bicyclic) bond motifs is 10. The summed E-state index contributed by atoms with van der Waals surface area (Å²) in [6.45, 7) is 5.09. The first-order valence-corrected chi connectivity index (χ1v) is 37.4. The van der Waals surface area contributed by atoms with Gasteiger partial charge in [-0.1, -0.05) is 114 Å². The van der Waals surface area contributed by atoms with Crippen LogP contribution in [0.15, 0.2) is 67.3 Å². The fourth-order valence-electron chi connectivity index (χ4n) is 11.1. The summed E-state index contributed by atoms with van der Waals surface area (Å²) in [5, 5.41) is 61.1. The minimum atomic E-state index is -1.82. The van der Waals surface area contributed by atoms with Crippen molar-refractivity contribution in [2.45, 2.75) is 158 Å². The number of phenolic OH excluding ortho intramolecular Hbond substituents is 1. The van der Waals surface area contributed by atoms with Crippen LogP contribution in [0.2, 0.25) is 0 Å². The van der Waals surface area contributed by atoms with Crippen LogP contribution in [0, 0.1) is 5.92 Å². The van der Waals surface area contributed by atoms with E-state index in [1.165, 1.54) is 41.7 Å². The number of carboxylic acid groups (broad SMARTS) is 1. The lowest BCUT2D eigenvalue weighted by Gasteiger charge is -2.31. The van der Waals surface area contributed by atoms with Crippen molar-refractivity contribution in [3.05, 3.63) is 84.1 Å². The lowest BCUT2D eigenvalue weighted by Crippen LogP contribution is -2.62. The van der Waals surface area contributed by atoms with Gasteiger partial charge in [0.15, 0.2) is 0 Å². The number of nitrogens with two attached hydrogens (primary N) is 1. The number of aliphatic hydroxyl groups excluding tert-OH is 1. The highest BCUT2D eigenvalue weighted by Crippen LogP contribution is 2.27. The zero-order chi connectivity index (χ0) is 71.9. The molecule has 99 heavy (non-hydrogen) atoms. The van der Waals surface area contributed by atoms with Crippen LogP contribution < -0.4 is 64.2 Å². The molecule has 4 aromatic rings. The molecule has 3 fully saturated rings. The Hall–Kier alpha value is -8.58. The zero-order valence-corrected chi connectivity index (χ0v) is 58.2. The number of carbonyl (C=O) groups is 13. The molecule has 0 unspecified atom stereocenters. The number of para-hydroxylation sites is 1. The molecular formula is C63H86N16O16S4. The average molecular weight is 1450 g/mol. The number of aromatic amines is 2. The van der Waals surface area contributed by atoms with E-state index in [1.807, 2.05) is 6.07 Å². The van der Waals surface area contributed by atoms with Crippen LogP contribution in [0.25, 0.3) is 10.9 Å². The first kappa shape index (κ1) is 77.8. The standard InChI is InChI=1S/C63H86N16O16S4/c1-5-11-40-53(84)71-41(20-33-15-17-36(81)18-16-33)54(85)77-48(63(94)95)30-99-98-28-46-58(89)74-44(26-80)56(87)73-43(22-35-25-65-31-67-35)62(93)79-19-10-14-49(79)60(91)69-38(7-3)52(83)75-47(29-97-96-27-45(57(88)76-46)68-50(82)23-64)59(90)78-51(32(4)6-2)61(92)72-42(55(86)70-40)21-34-24-66-39-13-9-8-12-37(34)39/h8-9,12-13,15-18,24-25,31-32,38,40-49,51,66,80-81H,5-7,10-11,14,19-23,26-30,64H2,1-4H3,(H,65,67)(H,68,82)(H,69,91)(H,70,86)(H,71,84)(H,72,92)(H,73,87)(H,74,89)(H,75,83)(H,76,88)(H,77,85)(H,78,90)(H,94,95)/t32-,38+,40+,41+,42+,43+,44+,45+,46+,47+,48+,49+,51+/m1/s1. The van der Waals surface area contributed by atoms with Gasteiger partial charge in [-0.2, -0.15) is 0 Å². The van der Waals surface area contributed by atoms with Gasteiger partial charge in [0, 0.05) is 77.8 Å². The average Bonchev–Trinajstić information content (AvgIpc) is 1.79. The summed E-state index contributed by atoms with van der Waals surface area (Å²) in [6, 6.07) is -5.31. The highest BCUT2D eigenvalue weighted by atomic mass is 33.1. The number of nitrogens with one attached hydrogen (secondary N) is 13. The third kappa shape index (κ3) is 22.2. The Balaban J connectivity index is 1.33. The molecule has 538 valence electrons. The smallest absolute Gasteiger partial charge is 0.327 e. The van der Waals surface area contributed by atoms with Gasteiger partial charge < -0.3 is 94.4 Å². The Kier molecular flexibility index (Phi) is 29.9. The van der Waals surface area contributed by atoms with Gasteiger partial charge in [0.1, 0.15) is 78.3 Å². The Labute approximate surface area is 586 Å². The number of benzene rings is 2. The second kappa shape index (κ2) is 38.1. The summed E-state index contributed by atoms with van der Waals surface area (Å²) in [4.78, 5) is 199. The maximum absolute atomic E-state index is 15.1. The Morgan fingerprint density at radius 1 is 0.636 bits per heavy atom. The van der Waals surface area contributed by atoms with Gasteiger partial charge >= 0.3 is 5.97 Å². The first-order valence-electron chi connectivity index (χ1n) is 32.4. The molecule has 3 aliphatic heterocycles. The van der Waals surface area contributed by atoms with Gasteiger partial charge in [0.2, 0.25) is 70.9 Å². The van der Waals surface area contributed by atoms with E-state index in [0.717, 1.165) is 43.2 Å². The van der Waals surface area contributed by atoms with Crippen molar-refractivity contribution >= 4 is 131 Å². The lowest BCUT2D eigenvalue weighted by atomic mass is 9.96. The molecule has 0 aliphatic carbocycles. The van der Waals surface area contributed by atoms with Crippen molar-refractivity contribution in [2.24, 2.45) is 11.7 Å². The fraction of sp³-hybridized carbons (Fsp3) is 0.524. The number of aromatic nitrogens is 3. The first-order chi connectivity index (χ1) is 47.4. The van der Waals surface area contributed by atoms with Crippen LogP contribution >= 0.6 is 43.2 Å². The van der Waals surface area contributed by atoms with E-state index in [2.05, 4.69) is 73.4 Å². The Morgan fingerprint density at radius 3 is 1.88 bits per heavy atom. The second-order valence-electron chi connectivity index (χ2n) is 24.0. The number of aromatic hydroxyl groups is 1. The van der Waals surface area contributed by atoms with Crippen molar-refractivity contribution < 1.29 is 77.6 Å². The fourth-order valence-corrected chi connectivity index (χ4v) is 15.7. The number of rotatable bonds is 15. The van der Waals surface area contributed by atoms with Crippen LogP contribution in [0.5, 0.6) is 5.75 Å². The van der Waals surface area contributed by atoms with Crippen molar-refractivity contribution in [2.75, 3.05) is 42.7 Å². The van der Waals surface area contributed by atoms with Crippen molar-refractivity contribution in [1.29, 1.82) is 0 Å². The number of phenols is 1. The van der Waals surface area contributed by atoms with Gasteiger partial charge in [0.25, 0.3) is 0 Å². The van der Waals surface area contributed by atoms with Gasteiger partial charge in [-0.25, -0.2) is 9.78 Å². The SMILES string of the molecule is CCC[C@@H]1NC(=O)[C@H](Cc2c[nH]c3ccccc23)NC(=O)[C@H]([C@H](C)CC)NC(=O)[C@@H]2CSSC[C@H](NC(=O)CN)C(=O)N[C@@H](CSSC[C@@H](C(=O)O)NC(=O)[C@H](Cc3ccc(O)cc3)NC1=O)C(=O)N[C@@H](CO)C(=O)N[C@@H](Cc1cnc[nH]1)C(=O)N1CCC[C@H]1C(=O)N[C@@H](CC)C(=O)N2. The lowest BCUT2D eigenvalue weighted by molar-refractivity contribution is -0.142. The van der Waals surface area contributed by atoms with Crippen molar-refractivity contribution in [3.63, 3.8) is 0 Å². The number of hydrogen-bond donors (Lipinski definition) is 17. The molecule has 2 bridgehead atoms. The predicted molar refractivity (Wildman–Crippen MR) is 370 cm³/mol. The zero-order valence-electron chi connectivity index (χ0n) is 54.9. The van der Waals surface area contributed by atoms with Crippen molar-refractivity contribution in [3.8, 4) is 5.75 Å². The van der Waals surface area contributed by atoms with Crippen LogP contribution in [-0.2, 0) is 81.6 Å². The largest absolute Gasteiger partial charge is 0.508 e. The summed E-state index contributed by atoms with van der Waals surface area (Å²) in [7, 11) is 3.50. The van der Waals surface area contributed by atoms with Crippen molar-refractivity contribution in [1.82, 2.24) is 78.3 Å². The summed E-state index contributed by atoms with van der Waals surface area (Å²) in [6.07, 6.45) is 4.64. The third-order valence-corrected chi connectivity index (χ3v) is 21.7. The number of aliphatic hydroxyl groups is 1. The van der Waals surface area contributed by atoms with E-state index in [4.69, 9.17) is 5.73 Å². The molecule has 36 heteroatoms. The van der Waals surface area contributed by atoms with Gasteiger partial charge in [-0.3, -0.25) is 57.5 Å². The molecule has 12 amide bonds. The van der Waals surface area contributed by atoms with Gasteiger partial charge in [-0.15, -0.1) is 0 Å². The molecule has 2 aromatic carbocycles. The van der Waals surface area contributed by atoms with E-state index >= 15 is 9.59 Å². The number of carboxylic acids is 1. The van der Waals surface area contributed by atoms with E-state index in [9.17, 15) is 68.1 Å². The number of amides is 12. The van der Waals surface area contributed by atoms with E-state index < -0.39 is 180 Å². The molecule has 5 heterocycles. The molecule has 3 saturated heterocycles. The van der Waals surface area contributed by atoms with Crippen LogP contribution in [0.3, 0.4) is 0 Å². The normalized spacial score (nSPS) is 26.5. The highest BCUT2D eigenvalue weighted by Gasteiger charge is 2.42. The molecule has 0 saturated carbocycles. The number of aliphatic carboxylic acids is 1. The summed E-state index contributed by atoms with van der Waals surface area (Å²) in [5.74, 6) is -14.7. The number of H-pyrrole nitrogens is 2. The number of imidazole rings is 1. The summed E-state index contributed by atoms with van der Waals surface area (Å²) in [5.41, 5.74) is 7.73. The summed E-state index contributed by atoms with van der Waals surface area (Å²) < 4.78 is 0. The molecule has 7 rings (SSSR count). The van der Waals surface area contributed by atoms with Gasteiger partial charge in [-0.05, 0) is 60.9 Å². The number of nitrogens with zero attached hydrogens (tertiary/aromatic N) is 2. The third-order valence-electron chi connectivity index (χ3n) is 16.9. The van der Waals surface area contributed by atoms with Crippen LogP contribution in [-0.4, -0.2) is 227 Å². The van der Waals surface area contributed by atoms with Crippen LogP contribution in [0.4, 0.5) is 0 Å². The molecular weight excluding hydrogens is 1370 g/mol. The monoisotopic (exact) mass is 1450 g/mol. The summed E-state index contributed by atoms with van der Waals surface area (Å²) >= 11 is 0. The van der Waals surface area contributed by atoms with Crippen LogP contribution in [0.1, 0.15) is 83.0 Å². The molecule has 0 radical (unpaired) electrons. The predicted octanol–water partition coefficient (Wildman–Crippen LogP) is -1.97.